The molecule has 11 aromatic carbocycles. The Balaban J connectivity index is 0.962. The second-order valence-electron chi connectivity index (χ2n) is 16.1. The largest absolute Gasteiger partial charge is 0.310 e. The molecular weight excluding hydrogens is 749 g/mol. The number of aromatic nitrogens is 1. The van der Waals surface area contributed by atoms with Crippen LogP contribution in [0.2, 0.25) is 0 Å². The fourth-order valence-corrected chi connectivity index (χ4v) is 9.72. The number of rotatable bonds is 7. The van der Waals surface area contributed by atoms with E-state index in [1.54, 1.807) is 0 Å². The summed E-state index contributed by atoms with van der Waals surface area (Å²) >= 11 is 0. The average Bonchev–Trinajstić information content (AvgIpc) is 3.68. The van der Waals surface area contributed by atoms with E-state index in [1.165, 1.54) is 93.2 Å². The number of benzene rings is 11. The lowest BCUT2D eigenvalue weighted by molar-refractivity contribution is 1.18. The minimum absolute atomic E-state index is 1.10. The first-order chi connectivity index (χ1) is 30.8. The maximum absolute atomic E-state index is 2.39. The lowest BCUT2D eigenvalue weighted by atomic mass is 9.91. The smallest absolute Gasteiger partial charge is 0.0541 e. The highest BCUT2D eigenvalue weighted by Crippen LogP contribution is 2.44. The highest BCUT2D eigenvalue weighted by atomic mass is 15.1. The fourth-order valence-electron chi connectivity index (χ4n) is 9.72. The van der Waals surface area contributed by atoms with E-state index in [1.807, 2.05) is 0 Å². The lowest BCUT2D eigenvalue weighted by Gasteiger charge is -2.27. The predicted molar refractivity (Wildman–Crippen MR) is 264 cm³/mol. The molecule has 2 heteroatoms. The van der Waals surface area contributed by atoms with Crippen LogP contribution in [0.5, 0.6) is 0 Å². The van der Waals surface area contributed by atoms with E-state index in [-0.39, 0.29) is 0 Å². The van der Waals surface area contributed by atoms with Crippen LogP contribution in [0.1, 0.15) is 0 Å². The van der Waals surface area contributed by atoms with Crippen molar-refractivity contribution in [1.29, 1.82) is 0 Å². The van der Waals surface area contributed by atoms with Gasteiger partial charge in [0.2, 0.25) is 0 Å². The first-order valence-electron chi connectivity index (χ1n) is 21.3. The molecule has 0 bridgehead atoms. The molecule has 0 spiro atoms. The van der Waals surface area contributed by atoms with E-state index in [0.717, 1.165) is 17.1 Å². The van der Waals surface area contributed by atoms with E-state index in [9.17, 15) is 0 Å². The van der Waals surface area contributed by atoms with Gasteiger partial charge in [0.25, 0.3) is 0 Å². The minimum atomic E-state index is 1.10. The van der Waals surface area contributed by atoms with Crippen molar-refractivity contribution in [3.8, 4) is 39.1 Å². The van der Waals surface area contributed by atoms with Crippen LogP contribution in [0, 0.1) is 0 Å². The van der Waals surface area contributed by atoms with Gasteiger partial charge in [-0.1, -0.05) is 176 Å². The van der Waals surface area contributed by atoms with Crippen molar-refractivity contribution in [3.63, 3.8) is 0 Å². The van der Waals surface area contributed by atoms with Gasteiger partial charge in [-0.3, -0.25) is 0 Å². The third-order valence-corrected chi connectivity index (χ3v) is 12.6. The first kappa shape index (κ1) is 35.7. The normalized spacial score (nSPS) is 11.5. The molecule has 0 N–H and O–H groups in total. The van der Waals surface area contributed by atoms with Crippen molar-refractivity contribution >= 4 is 71.2 Å². The molecule has 0 aliphatic rings. The number of hydrogen-bond donors (Lipinski definition) is 0. The number of hydrogen-bond acceptors (Lipinski definition) is 1. The number of nitrogens with zero attached hydrogens (tertiary/aromatic N) is 2. The zero-order valence-corrected chi connectivity index (χ0v) is 34.0. The van der Waals surface area contributed by atoms with Crippen LogP contribution in [-0.2, 0) is 0 Å². The zero-order chi connectivity index (χ0) is 41.0. The molecule has 0 aliphatic heterocycles. The van der Waals surface area contributed by atoms with E-state index in [4.69, 9.17) is 0 Å². The average molecular weight is 789 g/mol. The summed E-state index contributed by atoms with van der Waals surface area (Å²) in [6.07, 6.45) is 0. The summed E-state index contributed by atoms with van der Waals surface area (Å²) in [6, 6.07) is 88.4. The second-order valence-corrected chi connectivity index (χ2v) is 16.1. The Hall–Kier alpha value is -8.20. The standard InChI is InChI=1S/C60H40N2/c1-3-19-45(20-4-1)61(48-38-43-17-8-10-24-50(43)57(40-48)55-28-15-18-41-16-7-9-23-49(41)55)47-33-30-42(31-34-47)51-35-36-52(54-26-12-11-25-53(51)54)44-32-37-60-58(39-44)56-27-13-14-29-59(56)62(60)46-21-5-2-6-22-46/h1-40H. The molecule has 62 heavy (non-hydrogen) atoms. The van der Waals surface area contributed by atoms with E-state index in [0.29, 0.717) is 0 Å². The van der Waals surface area contributed by atoms with Gasteiger partial charge in [0, 0.05) is 33.5 Å². The topological polar surface area (TPSA) is 8.17 Å². The Morgan fingerprint density at radius 2 is 0.790 bits per heavy atom. The van der Waals surface area contributed by atoms with Crippen LogP contribution in [0.4, 0.5) is 17.1 Å². The van der Waals surface area contributed by atoms with Gasteiger partial charge >= 0.3 is 0 Å². The number of para-hydroxylation sites is 3. The molecule has 0 aliphatic carbocycles. The molecule has 290 valence electrons. The summed E-state index contributed by atoms with van der Waals surface area (Å²) in [7, 11) is 0. The molecule has 0 saturated carbocycles. The Kier molecular flexibility index (Phi) is 8.53. The van der Waals surface area contributed by atoms with Crippen molar-refractivity contribution in [2.75, 3.05) is 4.90 Å². The van der Waals surface area contributed by atoms with Gasteiger partial charge in [-0.05, 0) is 132 Å². The first-order valence-corrected chi connectivity index (χ1v) is 21.3. The van der Waals surface area contributed by atoms with Crippen LogP contribution < -0.4 is 4.90 Å². The number of anilines is 3. The van der Waals surface area contributed by atoms with Gasteiger partial charge in [0.05, 0.1) is 11.0 Å². The summed E-state index contributed by atoms with van der Waals surface area (Å²) in [5.74, 6) is 0. The molecule has 12 rings (SSSR count). The molecule has 2 nitrogen and oxygen atoms in total. The molecular formula is C60H40N2. The molecule has 0 fully saturated rings. The van der Waals surface area contributed by atoms with Crippen molar-refractivity contribution < 1.29 is 0 Å². The van der Waals surface area contributed by atoms with Gasteiger partial charge in [-0.2, -0.15) is 0 Å². The SMILES string of the molecule is c1ccc(N(c2ccc(-c3ccc(-c4ccc5c(c4)c4ccccc4n5-c4ccccc4)c4ccccc34)cc2)c2cc(-c3cccc4ccccc34)c3ccccc3c2)cc1. The van der Waals surface area contributed by atoms with Crippen LogP contribution >= 0.6 is 0 Å². The van der Waals surface area contributed by atoms with E-state index >= 15 is 0 Å². The van der Waals surface area contributed by atoms with Crippen LogP contribution in [0.15, 0.2) is 243 Å². The zero-order valence-electron chi connectivity index (χ0n) is 34.0. The highest BCUT2D eigenvalue weighted by molar-refractivity contribution is 6.13. The summed E-state index contributed by atoms with van der Waals surface area (Å²) in [6.45, 7) is 0. The van der Waals surface area contributed by atoms with Gasteiger partial charge < -0.3 is 9.47 Å². The molecule has 1 heterocycles. The Morgan fingerprint density at radius 1 is 0.258 bits per heavy atom. The molecule has 0 saturated heterocycles. The molecule has 0 radical (unpaired) electrons. The Labute approximate surface area is 360 Å². The minimum Gasteiger partial charge on any atom is -0.310 e. The molecule has 12 aromatic rings. The van der Waals surface area contributed by atoms with Crippen molar-refractivity contribution in [2.24, 2.45) is 0 Å². The van der Waals surface area contributed by atoms with Gasteiger partial charge in [-0.25, -0.2) is 0 Å². The number of fused-ring (bicyclic) bond motifs is 6. The van der Waals surface area contributed by atoms with Gasteiger partial charge in [-0.15, -0.1) is 0 Å². The summed E-state index contributed by atoms with van der Waals surface area (Å²) in [5, 5.41) is 9.92. The highest BCUT2D eigenvalue weighted by Gasteiger charge is 2.19. The summed E-state index contributed by atoms with van der Waals surface area (Å²) < 4.78 is 2.38. The van der Waals surface area contributed by atoms with Crippen LogP contribution in [-0.4, -0.2) is 4.57 Å². The monoisotopic (exact) mass is 788 g/mol. The molecule has 0 unspecified atom stereocenters. The molecule has 0 atom stereocenters. The lowest BCUT2D eigenvalue weighted by Crippen LogP contribution is -2.10. The molecule has 1 aromatic heterocycles. The quantitative estimate of drug-likeness (QED) is 0.156. The van der Waals surface area contributed by atoms with Gasteiger partial charge in [0.15, 0.2) is 0 Å². The Bertz CT molecular complexity index is 3620. The maximum Gasteiger partial charge on any atom is 0.0541 e. The van der Waals surface area contributed by atoms with Crippen molar-refractivity contribution in [1.82, 2.24) is 4.57 Å². The van der Waals surface area contributed by atoms with E-state index in [2.05, 4.69) is 252 Å². The van der Waals surface area contributed by atoms with Crippen molar-refractivity contribution in [3.05, 3.63) is 243 Å². The second kappa shape index (κ2) is 14.8. The third-order valence-electron chi connectivity index (χ3n) is 12.6. The third kappa shape index (κ3) is 5.96. The maximum atomic E-state index is 2.39. The summed E-state index contributed by atoms with van der Waals surface area (Å²) in [4.78, 5) is 2.39. The van der Waals surface area contributed by atoms with Crippen LogP contribution in [0.3, 0.4) is 0 Å². The van der Waals surface area contributed by atoms with Gasteiger partial charge in [0.1, 0.15) is 0 Å². The summed E-state index contributed by atoms with van der Waals surface area (Å²) in [5.41, 5.74) is 14.2. The fraction of sp³-hybridized carbons (Fsp3) is 0. The molecule has 0 amide bonds. The van der Waals surface area contributed by atoms with E-state index < -0.39 is 0 Å². The predicted octanol–water partition coefficient (Wildman–Crippen LogP) is 16.7. The Morgan fingerprint density at radius 3 is 1.53 bits per heavy atom. The van der Waals surface area contributed by atoms with Crippen LogP contribution in [0.25, 0.3) is 93.2 Å². The van der Waals surface area contributed by atoms with Crippen molar-refractivity contribution in [2.45, 2.75) is 0 Å².